The van der Waals surface area contributed by atoms with E-state index in [1.54, 1.807) is 4.90 Å². The number of rotatable bonds is 3. The fourth-order valence-electron chi connectivity index (χ4n) is 2.81. The third-order valence-corrected chi connectivity index (χ3v) is 3.84. The topological polar surface area (TPSA) is 85.2 Å². The van der Waals surface area contributed by atoms with Crippen molar-refractivity contribution in [2.75, 3.05) is 19.6 Å². The number of hydrogen-bond acceptors (Lipinski definition) is 4. The second-order valence-electron chi connectivity index (χ2n) is 5.11. The third kappa shape index (κ3) is 2.87. The molecule has 2 amide bonds. The molecule has 2 saturated heterocycles. The second kappa shape index (κ2) is 6.02. The fraction of sp³-hybridized carbons (Fsp3) is 0.769. The molecule has 6 nitrogen and oxygen atoms in total. The Morgan fingerprint density at radius 2 is 2.32 bits per heavy atom. The molecule has 2 aliphatic heterocycles. The van der Waals surface area contributed by atoms with Gasteiger partial charge in [0.15, 0.2) is 0 Å². The van der Waals surface area contributed by atoms with Gasteiger partial charge in [0.2, 0.25) is 11.8 Å². The molecule has 2 heterocycles. The highest BCUT2D eigenvalue weighted by Crippen LogP contribution is 2.22. The third-order valence-electron chi connectivity index (χ3n) is 3.84. The van der Waals surface area contributed by atoms with Gasteiger partial charge in [-0.1, -0.05) is 0 Å². The van der Waals surface area contributed by atoms with Crippen LogP contribution in [0.1, 0.15) is 26.2 Å². The Balaban J connectivity index is 1.92. The Hall–Kier alpha value is -1.61. The molecule has 104 valence electrons. The van der Waals surface area contributed by atoms with E-state index in [9.17, 15) is 9.59 Å². The Labute approximate surface area is 113 Å². The lowest BCUT2D eigenvalue weighted by Crippen LogP contribution is -2.45. The maximum absolute atomic E-state index is 12.3. The van der Waals surface area contributed by atoms with E-state index in [2.05, 4.69) is 16.7 Å². The van der Waals surface area contributed by atoms with Crippen LogP contribution in [0.5, 0.6) is 0 Å². The number of nitrogens with one attached hydrogen (secondary N) is 2. The molecule has 0 aromatic carbocycles. The first-order valence-electron chi connectivity index (χ1n) is 6.88. The number of nitriles is 1. The predicted molar refractivity (Wildman–Crippen MR) is 68.9 cm³/mol. The average Bonchev–Trinajstić information content (AvgIpc) is 3.07. The highest BCUT2D eigenvalue weighted by molar-refractivity contribution is 5.86. The average molecular weight is 264 g/mol. The molecule has 0 radical (unpaired) electrons. The number of hydrogen-bond donors (Lipinski definition) is 2. The molecule has 3 atom stereocenters. The lowest BCUT2D eigenvalue weighted by Gasteiger charge is -2.23. The van der Waals surface area contributed by atoms with Gasteiger partial charge in [-0.2, -0.15) is 5.26 Å². The summed E-state index contributed by atoms with van der Waals surface area (Å²) in [4.78, 5) is 25.7. The molecule has 2 rings (SSSR count). The minimum Gasteiger partial charge on any atom is -0.356 e. The van der Waals surface area contributed by atoms with Crippen LogP contribution in [-0.2, 0) is 9.59 Å². The van der Waals surface area contributed by atoms with Crippen molar-refractivity contribution in [3.63, 3.8) is 0 Å². The molecule has 2 fully saturated rings. The smallest absolute Gasteiger partial charge is 0.240 e. The Bertz CT molecular complexity index is 404. The first-order valence-corrected chi connectivity index (χ1v) is 6.88. The van der Waals surface area contributed by atoms with Crippen molar-refractivity contribution in [1.29, 1.82) is 5.26 Å². The molecule has 19 heavy (non-hydrogen) atoms. The standard InChI is InChI=1S/C13H20N4O2/c1-2-15-12(18)9-6-11(16-8-9)13(19)17-5-3-4-10(17)7-14/h9-11,16H,2-6,8H2,1H3,(H,15,18)/t9-,10-,11-/m0/s1. The van der Waals surface area contributed by atoms with Crippen molar-refractivity contribution in [3.8, 4) is 6.07 Å². The minimum atomic E-state index is -0.318. The van der Waals surface area contributed by atoms with Crippen LogP contribution in [0.15, 0.2) is 0 Å². The van der Waals surface area contributed by atoms with Crippen molar-refractivity contribution in [2.24, 2.45) is 5.92 Å². The zero-order valence-electron chi connectivity index (χ0n) is 11.2. The van der Waals surface area contributed by atoms with E-state index in [0.717, 1.165) is 12.8 Å². The van der Waals surface area contributed by atoms with Gasteiger partial charge in [-0.3, -0.25) is 9.59 Å². The van der Waals surface area contributed by atoms with Crippen LogP contribution >= 0.6 is 0 Å². The predicted octanol–water partition coefficient (Wildman–Crippen LogP) is -0.385. The van der Waals surface area contributed by atoms with Crippen molar-refractivity contribution < 1.29 is 9.59 Å². The van der Waals surface area contributed by atoms with Gasteiger partial charge < -0.3 is 15.5 Å². The van der Waals surface area contributed by atoms with E-state index in [4.69, 9.17) is 5.26 Å². The number of likely N-dealkylation sites (tertiary alicyclic amines) is 1. The molecule has 2 N–H and O–H groups in total. The van der Waals surface area contributed by atoms with Gasteiger partial charge in [0.25, 0.3) is 0 Å². The van der Waals surface area contributed by atoms with Crippen LogP contribution in [-0.4, -0.2) is 48.4 Å². The summed E-state index contributed by atoms with van der Waals surface area (Å²) in [6.07, 6.45) is 2.17. The summed E-state index contributed by atoms with van der Waals surface area (Å²) in [5, 5.41) is 14.9. The number of nitrogens with zero attached hydrogens (tertiary/aromatic N) is 2. The highest BCUT2D eigenvalue weighted by atomic mass is 16.2. The van der Waals surface area contributed by atoms with Crippen LogP contribution in [0, 0.1) is 17.2 Å². The lowest BCUT2D eigenvalue weighted by molar-refractivity contribution is -0.133. The number of carbonyl (C=O) groups is 2. The molecule has 0 aliphatic carbocycles. The van der Waals surface area contributed by atoms with Gasteiger partial charge in [0.1, 0.15) is 6.04 Å². The summed E-state index contributed by atoms with van der Waals surface area (Å²) < 4.78 is 0. The zero-order valence-corrected chi connectivity index (χ0v) is 11.2. The van der Waals surface area contributed by atoms with Gasteiger partial charge >= 0.3 is 0 Å². The van der Waals surface area contributed by atoms with Gasteiger partial charge in [-0.25, -0.2) is 0 Å². The van der Waals surface area contributed by atoms with Crippen molar-refractivity contribution in [1.82, 2.24) is 15.5 Å². The van der Waals surface area contributed by atoms with E-state index in [1.165, 1.54) is 0 Å². The van der Waals surface area contributed by atoms with Crippen LogP contribution in [0.25, 0.3) is 0 Å². The van der Waals surface area contributed by atoms with E-state index in [-0.39, 0.29) is 29.8 Å². The second-order valence-corrected chi connectivity index (χ2v) is 5.11. The van der Waals surface area contributed by atoms with Crippen molar-refractivity contribution in [2.45, 2.75) is 38.3 Å². The highest BCUT2D eigenvalue weighted by Gasteiger charge is 2.38. The Morgan fingerprint density at radius 3 is 3.00 bits per heavy atom. The van der Waals surface area contributed by atoms with Gasteiger partial charge in [0.05, 0.1) is 18.0 Å². The van der Waals surface area contributed by atoms with Gasteiger partial charge in [-0.15, -0.1) is 0 Å². The molecule has 0 saturated carbocycles. The van der Waals surface area contributed by atoms with Crippen molar-refractivity contribution >= 4 is 11.8 Å². The first kappa shape index (κ1) is 13.8. The summed E-state index contributed by atoms with van der Waals surface area (Å²) in [7, 11) is 0. The van der Waals surface area contributed by atoms with Crippen LogP contribution in [0.4, 0.5) is 0 Å². The van der Waals surface area contributed by atoms with E-state index in [0.29, 0.717) is 26.1 Å². The SMILES string of the molecule is CCNC(=O)[C@@H]1CN[C@H](C(=O)N2CCC[C@H]2C#N)C1. The van der Waals surface area contributed by atoms with Crippen LogP contribution in [0.2, 0.25) is 0 Å². The maximum atomic E-state index is 12.3. The number of amides is 2. The summed E-state index contributed by atoms with van der Waals surface area (Å²) in [5.74, 6) is -0.170. The first-order chi connectivity index (χ1) is 9.17. The van der Waals surface area contributed by atoms with E-state index < -0.39 is 0 Å². The Morgan fingerprint density at radius 1 is 1.53 bits per heavy atom. The monoisotopic (exact) mass is 264 g/mol. The maximum Gasteiger partial charge on any atom is 0.240 e. The van der Waals surface area contributed by atoms with Gasteiger partial charge in [-0.05, 0) is 26.2 Å². The summed E-state index contributed by atoms with van der Waals surface area (Å²) in [6.45, 7) is 3.68. The zero-order chi connectivity index (χ0) is 13.8. The molecule has 0 aromatic heterocycles. The van der Waals surface area contributed by atoms with E-state index in [1.807, 2.05) is 6.92 Å². The van der Waals surface area contributed by atoms with Crippen LogP contribution < -0.4 is 10.6 Å². The van der Waals surface area contributed by atoms with Crippen LogP contribution in [0.3, 0.4) is 0 Å². The number of carbonyl (C=O) groups excluding carboxylic acids is 2. The fourth-order valence-corrected chi connectivity index (χ4v) is 2.81. The molecule has 0 aromatic rings. The Kier molecular flexibility index (Phi) is 4.38. The molecular weight excluding hydrogens is 244 g/mol. The lowest BCUT2D eigenvalue weighted by atomic mass is 10.0. The normalized spacial score (nSPS) is 30.1. The molecule has 0 bridgehead atoms. The largest absolute Gasteiger partial charge is 0.356 e. The summed E-state index contributed by atoms with van der Waals surface area (Å²) in [5.41, 5.74) is 0. The van der Waals surface area contributed by atoms with E-state index >= 15 is 0 Å². The van der Waals surface area contributed by atoms with Crippen molar-refractivity contribution in [3.05, 3.63) is 0 Å². The molecule has 0 unspecified atom stereocenters. The van der Waals surface area contributed by atoms with Gasteiger partial charge in [0, 0.05) is 19.6 Å². The quantitative estimate of drug-likeness (QED) is 0.727. The molecule has 6 heteroatoms. The molecule has 2 aliphatic rings. The summed E-state index contributed by atoms with van der Waals surface area (Å²) in [6, 6.07) is 1.56. The molecular formula is C13H20N4O2. The molecule has 0 spiro atoms. The summed E-state index contributed by atoms with van der Waals surface area (Å²) >= 11 is 0. The minimum absolute atomic E-state index is 0.00329.